The molecule has 0 aliphatic carbocycles. The molecule has 7 nitrogen and oxygen atoms in total. The molecule has 8 heteroatoms. The number of hydrogen-bond donors (Lipinski definition) is 0. The fourth-order valence-electron chi connectivity index (χ4n) is 2.08. The Labute approximate surface area is 117 Å². The number of sulfonamides is 1. The molecule has 0 spiro atoms. The van der Waals surface area contributed by atoms with E-state index in [4.69, 9.17) is 9.15 Å². The third-order valence-electron chi connectivity index (χ3n) is 3.59. The Morgan fingerprint density at radius 1 is 1.50 bits per heavy atom. The van der Waals surface area contributed by atoms with Crippen molar-refractivity contribution in [2.75, 3.05) is 27.4 Å². The number of methoxy groups -OCH3 is 1. The highest BCUT2D eigenvalue weighted by Crippen LogP contribution is 2.31. The van der Waals surface area contributed by atoms with Gasteiger partial charge in [-0.2, -0.15) is 4.31 Å². The zero-order chi connectivity index (χ0) is 15.0. The quantitative estimate of drug-likeness (QED) is 0.767. The fourth-order valence-corrected chi connectivity index (χ4v) is 3.66. The van der Waals surface area contributed by atoms with Crippen molar-refractivity contribution in [3.63, 3.8) is 0 Å². The summed E-state index contributed by atoms with van der Waals surface area (Å²) >= 11 is 0. The second-order valence-electron chi connectivity index (χ2n) is 4.89. The highest BCUT2D eigenvalue weighted by Gasteiger charge is 2.43. The molecule has 1 aromatic rings. The van der Waals surface area contributed by atoms with E-state index in [-0.39, 0.29) is 5.56 Å². The van der Waals surface area contributed by atoms with Gasteiger partial charge in [0.05, 0.1) is 25.5 Å². The predicted molar refractivity (Wildman–Crippen MR) is 68.8 cm³/mol. The van der Waals surface area contributed by atoms with Gasteiger partial charge in [0, 0.05) is 13.7 Å². The van der Waals surface area contributed by atoms with Crippen LogP contribution in [0.2, 0.25) is 0 Å². The highest BCUT2D eigenvalue weighted by molar-refractivity contribution is 7.89. The van der Waals surface area contributed by atoms with E-state index in [2.05, 4.69) is 4.74 Å². The summed E-state index contributed by atoms with van der Waals surface area (Å²) in [5.74, 6) is -0.751. The molecule has 2 rings (SSSR count). The number of ether oxygens (including phenoxy) is 2. The number of likely N-dealkylation sites (N-methyl/N-ethyl adjacent to an activating group) is 1. The summed E-state index contributed by atoms with van der Waals surface area (Å²) in [5.41, 5.74) is -0.763. The van der Waals surface area contributed by atoms with Crippen LogP contribution in [0.4, 0.5) is 0 Å². The van der Waals surface area contributed by atoms with Crippen molar-refractivity contribution in [2.45, 2.75) is 24.0 Å². The van der Waals surface area contributed by atoms with E-state index in [1.54, 1.807) is 6.92 Å². The smallest absolute Gasteiger partial charge is 0.342 e. The number of carbonyl (C=O) groups is 1. The molecular formula is C12H17NO6S. The Morgan fingerprint density at radius 2 is 2.20 bits per heavy atom. The summed E-state index contributed by atoms with van der Waals surface area (Å²) < 4.78 is 41.2. The van der Waals surface area contributed by atoms with Gasteiger partial charge in [0.1, 0.15) is 5.56 Å². The van der Waals surface area contributed by atoms with Crippen molar-refractivity contribution < 1.29 is 27.1 Å². The van der Waals surface area contributed by atoms with Gasteiger partial charge in [0.25, 0.3) is 10.0 Å². The molecule has 1 aromatic heterocycles. The largest absolute Gasteiger partial charge is 0.465 e. The van der Waals surface area contributed by atoms with Crippen LogP contribution < -0.4 is 0 Å². The van der Waals surface area contributed by atoms with Crippen LogP contribution in [0.5, 0.6) is 0 Å². The van der Waals surface area contributed by atoms with Crippen molar-refractivity contribution in [3.8, 4) is 0 Å². The number of rotatable bonds is 4. The topological polar surface area (TPSA) is 86.0 Å². The van der Waals surface area contributed by atoms with Crippen LogP contribution in [0.3, 0.4) is 0 Å². The van der Waals surface area contributed by atoms with Crippen LogP contribution in [0, 0.1) is 0 Å². The molecule has 0 saturated carbocycles. The van der Waals surface area contributed by atoms with Crippen LogP contribution in [-0.4, -0.2) is 51.6 Å². The van der Waals surface area contributed by atoms with Crippen LogP contribution in [0.25, 0.3) is 0 Å². The lowest BCUT2D eigenvalue weighted by Crippen LogP contribution is -2.47. The molecule has 1 unspecified atom stereocenters. The van der Waals surface area contributed by atoms with Gasteiger partial charge < -0.3 is 13.9 Å². The Bertz CT molecular complexity index is 599. The fraction of sp³-hybridized carbons (Fsp3) is 0.583. The first-order valence-corrected chi connectivity index (χ1v) is 7.49. The van der Waals surface area contributed by atoms with Crippen LogP contribution in [-0.2, 0) is 19.5 Å². The predicted octanol–water partition coefficient (Wildman–Crippen LogP) is 0.866. The molecule has 1 aliphatic rings. The number of nitrogens with zero attached hydrogens (tertiary/aromatic N) is 1. The minimum Gasteiger partial charge on any atom is -0.465 e. The van der Waals surface area contributed by atoms with Gasteiger partial charge in [0.15, 0.2) is 0 Å². The first-order valence-electron chi connectivity index (χ1n) is 6.05. The zero-order valence-corrected chi connectivity index (χ0v) is 12.4. The summed E-state index contributed by atoms with van der Waals surface area (Å²) in [6.07, 6.45) is 1.73. The minimum absolute atomic E-state index is 0.109. The maximum atomic E-state index is 12.6. The van der Waals surface area contributed by atoms with E-state index in [9.17, 15) is 13.2 Å². The van der Waals surface area contributed by atoms with Crippen LogP contribution in [0.15, 0.2) is 21.8 Å². The first-order chi connectivity index (χ1) is 9.33. The SMILES string of the molecule is COC(=O)c1ccoc1S(=O)(=O)N(C)C1(C)CCOC1. The number of furan rings is 1. The van der Waals surface area contributed by atoms with Gasteiger partial charge >= 0.3 is 5.97 Å². The Morgan fingerprint density at radius 3 is 2.75 bits per heavy atom. The molecule has 1 atom stereocenters. The number of esters is 1. The van der Waals surface area contributed by atoms with E-state index in [1.807, 2.05) is 0 Å². The van der Waals surface area contributed by atoms with Gasteiger partial charge in [-0.05, 0) is 19.4 Å². The van der Waals surface area contributed by atoms with Crippen molar-refractivity contribution in [1.29, 1.82) is 0 Å². The average molecular weight is 303 g/mol. The molecule has 0 amide bonds. The van der Waals surface area contributed by atoms with Crippen molar-refractivity contribution in [3.05, 3.63) is 17.9 Å². The number of hydrogen-bond acceptors (Lipinski definition) is 6. The van der Waals surface area contributed by atoms with E-state index in [1.165, 1.54) is 24.5 Å². The molecule has 20 heavy (non-hydrogen) atoms. The summed E-state index contributed by atoms with van der Waals surface area (Å²) in [4.78, 5) is 11.6. The van der Waals surface area contributed by atoms with E-state index >= 15 is 0 Å². The summed E-state index contributed by atoms with van der Waals surface area (Å²) in [6, 6.07) is 1.28. The minimum atomic E-state index is -3.94. The van der Waals surface area contributed by atoms with Gasteiger partial charge in [-0.1, -0.05) is 0 Å². The molecule has 112 valence electrons. The van der Waals surface area contributed by atoms with Gasteiger partial charge in [-0.15, -0.1) is 0 Å². The molecular weight excluding hydrogens is 286 g/mol. The molecule has 0 aromatic carbocycles. The lowest BCUT2D eigenvalue weighted by atomic mass is 10.0. The first kappa shape index (κ1) is 15.0. The van der Waals surface area contributed by atoms with Crippen molar-refractivity contribution >= 4 is 16.0 Å². The standard InChI is InChI=1S/C12H17NO6S/c1-12(5-7-18-8-12)13(2)20(15,16)11-9(4-6-19-11)10(14)17-3/h4,6H,5,7-8H2,1-3H3. The summed E-state index contributed by atoms with van der Waals surface area (Å²) in [7, 11) is -1.30. The molecule has 1 aliphatic heterocycles. The molecule has 0 N–H and O–H groups in total. The molecule has 1 fully saturated rings. The van der Waals surface area contributed by atoms with Gasteiger partial charge in [-0.3, -0.25) is 0 Å². The summed E-state index contributed by atoms with van der Waals surface area (Å²) in [6.45, 7) is 2.59. The van der Waals surface area contributed by atoms with E-state index < -0.39 is 26.6 Å². The highest BCUT2D eigenvalue weighted by atomic mass is 32.2. The second kappa shape index (κ2) is 5.19. The van der Waals surface area contributed by atoms with E-state index in [0.29, 0.717) is 19.6 Å². The lowest BCUT2D eigenvalue weighted by molar-refractivity contribution is 0.0592. The third-order valence-corrected chi connectivity index (χ3v) is 5.53. The number of carbonyl (C=O) groups excluding carboxylic acids is 1. The second-order valence-corrected chi connectivity index (χ2v) is 6.75. The zero-order valence-electron chi connectivity index (χ0n) is 11.6. The normalized spacial score (nSPS) is 23.2. The Hall–Kier alpha value is -1.38. The Kier molecular flexibility index (Phi) is 3.90. The maximum absolute atomic E-state index is 12.6. The van der Waals surface area contributed by atoms with E-state index in [0.717, 1.165) is 6.26 Å². The maximum Gasteiger partial charge on any atom is 0.342 e. The average Bonchev–Trinajstić information content (AvgIpc) is 3.06. The summed E-state index contributed by atoms with van der Waals surface area (Å²) in [5, 5.41) is -0.403. The van der Waals surface area contributed by atoms with Gasteiger partial charge in [0.2, 0.25) is 5.09 Å². The van der Waals surface area contributed by atoms with Crippen LogP contribution >= 0.6 is 0 Å². The van der Waals surface area contributed by atoms with Crippen molar-refractivity contribution in [1.82, 2.24) is 4.31 Å². The molecule has 0 radical (unpaired) electrons. The Balaban J connectivity index is 2.40. The molecule has 1 saturated heterocycles. The third kappa shape index (κ3) is 2.34. The van der Waals surface area contributed by atoms with Crippen LogP contribution in [0.1, 0.15) is 23.7 Å². The lowest BCUT2D eigenvalue weighted by Gasteiger charge is -2.32. The molecule has 0 bridgehead atoms. The molecule has 2 heterocycles. The van der Waals surface area contributed by atoms with Gasteiger partial charge in [-0.25, -0.2) is 13.2 Å². The van der Waals surface area contributed by atoms with Crippen molar-refractivity contribution in [2.24, 2.45) is 0 Å². The monoisotopic (exact) mass is 303 g/mol.